The molecule has 1 aromatic heterocycles. The molecule has 19 heavy (non-hydrogen) atoms. The summed E-state index contributed by atoms with van der Waals surface area (Å²) >= 11 is 0. The van der Waals surface area contributed by atoms with Crippen molar-refractivity contribution >= 4 is 5.97 Å². The Morgan fingerprint density at radius 3 is 3.16 bits per heavy atom. The number of piperidine rings is 1. The van der Waals surface area contributed by atoms with Gasteiger partial charge in [-0.1, -0.05) is 0 Å². The Morgan fingerprint density at radius 1 is 1.58 bits per heavy atom. The van der Waals surface area contributed by atoms with E-state index >= 15 is 0 Å². The first-order valence-corrected chi connectivity index (χ1v) is 6.87. The van der Waals surface area contributed by atoms with Crippen LogP contribution in [0.5, 0.6) is 0 Å². The van der Waals surface area contributed by atoms with Gasteiger partial charge in [0.05, 0.1) is 0 Å². The van der Waals surface area contributed by atoms with E-state index in [1.807, 2.05) is 6.07 Å². The molecule has 1 aliphatic heterocycles. The van der Waals surface area contributed by atoms with Crippen LogP contribution in [0.15, 0.2) is 12.3 Å². The maximum absolute atomic E-state index is 10.5. The van der Waals surface area contributed by atoms with Gasteiger partial charge < -0.3 is 10.0 Å². The van der Waals surface area contributed by atoms with E-state index in [-0.39, 0.29) is 6.42 Å². The molecule has 1 atom stereocenters. The molecule has 0 amide bonds. The van der Waals surface area contributed by atoms with E-state index in [1.165, 1.54) is 12.8 Å². The normalized spacial score (nSPS) is 20.4. The first-order valence-electron chi connectivity index (χ1n) is 6.87. The molecule has 1 unspecified atom stereocenters. The van der Waals surface area contributed by atoms with Crippen molar-refractivity contribution in [3.63, 3.8) is 0 Å². The second-order valence-corrected chi connectivity index (χ2v) is 5.25. The lowest BCUT2D eigenvalue weighted by atomic mass is 9.95. The van der Waals surface area contributed by atoms with Crippen molar-refractivity contribution < 1.29 is 9.90 Å². The average Bonchev–Trinajstić information content (AvgIpc) is 2.39. The number of aliphatic carboxylic acids is 1. The van der Waals surface area contributed by atoms with E-state index in [0.29, 0.717) is 18.8 Å². The van der Waals surface area contributed by atoms with Gasteiger partial charge in [-0.05, 0) is 38.9 Å². The number of carbonyl (C=O) groups is 1. The molecular formula is C14H21N3O2. The van der Waals surface area contributed by atoms with Crippen LogP contribution >= 0.6 is 0 Å². The lowest BCUT2D eigenvalue weighted by Gasteiger charge is -2.29. The standard InChI is InChI=1S/C14H21N3O2/c1-17-9-3-4-11(10-17)12-7-8-15-13(16-12)5-2-6-14(18)19/h7-8,11H,2-6,9-10H2,1H3,(H,18,19). The monoisotopic (exact) mass is 263 g/mol. The van der Waals surface area contributed by atoms with E-state index < -0.39 is 5.97 Å². The Labute approximate surface area is 113 Å². The summed E-state index contributed by atoms with van der Waals surface area (Å²) < 4.78 is 0. The average molecular weight is 263 g/mol. The molecule has 5 heteroatoms. The summed E-state index contributed by atoms with van der Waals surface area (Å²) in [5.41, 5.74) is 1.10. The van der Waals surface area contributed by atoms with Gasteiger partial charge in [0, 0.05) is 37.2 Å². The van der Waals surface area contributed by atoms with Gasteiger partial charge in [-0.25, -0.2) is 9.97 Å². The van der Waals surface area contributed by atoms with Gasteiger partial charge >= 0.3 is 5.97 Å². The number of hydrogen-bond donors (Lipinski definition) is 1. The Kier molecular flexibility index (Phi) is 4.85. The van der Waals surface area contributed by atoms with Gasteiger partial charge in [0.2, 0.25) is 0 Å². The van der Waals surface area contributed by atoms with E-state index in [1.54, 1.807) is 6.20 Å². The summed E-state index contributed by atoms with van der Waals surface area (Å²) in [6.45, 7) is 2.21. The van der Waals surface area contributed by atoms with Crippen LogP contribution in [0, 0.1) is 0 Å². The van der Waals surface area contributed by atoms with Gasteiger partial charge in [0.25, 0.3) is 0 Å². The minimum atomic E-state index is -0.759. The highest BCUT2D eigenvalue weighted by atomic mass is 16.4. The fourth-order valence-corrected chi connectivity index (χ4v) is 2.57. The van der Waals surface area contributed by atoms with Crippen molar-refractivity contribution in [3.8, 4) is 0 Å². The van der Waals surface area contributed by atoms with Crippen LogP contribution in [0.3, 0.4) is 0 Å². The minimum Gasteiger partial charge on any atom is -0.481 e. The van der Waals surface area contributed by atoms with Crippen molar-refractivity contribution in [3.05, 3.63) is 23.8 Å². The molecule has 0 aromatic carbocycles. The van der Waals surface area contributed by atoms with E-state index in [9.17, 15) is 4.79 Å². The number of carboxylic acids is 1. The summed E-state index contributed by atoms with van der Waals surface area (Å²) in [6.07, 6.45) is 5.61. The molecule has 0 saturated carbocycles. The lowest BCUT2D eigenvalue weighted by molar-refractivity contribution is -0.137. The summed E-state index contributed by atoms with van der Waals surface area (Å²) in [7, 11) is 2.14. The second kappa shape index (κ2) is 6.61. The zero-order valence-electron chi connectivity index (χ0n) is 11.4. The van der Waals surface area contributed by atoms with Crippen molar-refractivity contribution in [2.45, 2.75) is 38.0 Å². The van der Waals surface area contributed by atoms with Crippen LogP contribution in [0.2, 0.25) is 0 Å². The minimum absolute atomic E-state index is 0.180. The van der Waals surface area contributed by atoms with Crippen LogP contribution in [0.4, 0.5) is 0 Å². The molecule has 0 bridgehead atoms. The van der Waals surface area contributed by atoms with Gasteiger partial charge in [-0.15, -0.1) is 0 Å². The van der Waals surface area contributed by atoms with Gasteiger partial charge in [-0.3, -0.25) is 4.79 Å². The Balaban J connectivity index is 1.96. The fraction of sp³-hybridized carbons (Fsp3) is 0.643. The molecule has 1 aromatic rings. The number of hydrogen-bond acceptors (Lipinski definition) is 4. The number of rotatable bonds is 5. The third-order valence-electron chi connectivity index (χ3n) is 3.56. The van der Waals surface area contributed by atoms with Crippen molar-refractivity contribution in [2.24, 2.45) is 0 Å². The molecule has 0 aliphatic carbocycles. The van der Waals surface area contributed by atoms with E-state index in [2.05, 4.69) is 21.9 Å². The molecular weight excluding hydrogens is 242 g/mol. The van der Waals surface area contributed by atoms with E-state index in [0.717, 1.165) is 24.6 Å². The molecule has 1 aliphatic rings. The zero-order chi connectivity index (χ0) is 13.7. The highest BCUT2D eigenvalue weighted by molar-refractivity contribution is 5.66. The van der Waals surface area contributed by atoms with Crippen LogP contribution < -0.4 is 0 Å². The third-order valence-corrected chi connectivity index (χ3v) is 3.56. The van der Waals surface area contributed by atoms with E-state index in [4.69, 9.17) is 5.11 Å². The molecule has 1 N–H and O–H groups in total. The number of aryl methyl sites for hydroxylation is 1. The van der Waals surface area contributed by atoms with Gasteiger partial charge in [-0.2, -0.15) is 0 Å². The predicted octanol–water partition coefficient (Wildman–Crippen LogP) is 1.69. The summed E-state index contributed by atoms with van der Waals surface area (Å²) in [4.78, 5) is 21.7. The summed E-state index contributed by atoms with van der Waals surface area (Å²) in [5.74, 6) is 0.497. The Hall–Kier alpha value is -1.49. The van der Waals surface area contributed by atoms with Crippen LogP contribution in [0.25, 0.3) is 0 Å². The maximum atomic E-state index is 10.5. The highest BCUT2D eigenvalue weighted by Crippen LogP contribution is 2.24. The zero-order valence-corrected chi connectivity index (χ0v) is 11.4. The SMILES string of the molecule is CN1CCCC(c2ccnc(CCCC(=O)O)n2)C1. The number of likely N-dealkylation sites (tertiary alicyclic amines) is 1. The molecule has 0 spiro atoms. The molecule has 104 valence electrons. The topological polar surface area (TPSA) is 66.3 Å². The van der Waals surface area contributed by atoms with Gasteiger partial charge in [0.1, 0.15) is 5.82 Å². The highest BCUT2D eigenvalue weighted by Gasteiger charge is 2.20. The largest absolute Gasteiger partial charge is 0.481 e. The third kappa shape index (κ3) is 4.28. The number of nitrogens with zero attached hydrogens (tertiary/aromatic N) is 3. The second-order valence-electron chi connectivity index (χ2n) is 5.25. The maximum Gasteiger partial charge on any atom is 0.303 e. The predicted molar refractivity (Wildman–Crippen MR) is 72.1 cm³/mol. The molecule has 0 radical (unpaired) electrons. The summed E-state index contributed by atoms with van der Waals surface area (Å²) in [5, 5.41) is 8.63. The first-order chi connectivity index (χ1) is 9.15. The fourth-order valence-electron chi connectivity index (χ4n) is 2.57. The quantitative estimate of drug-likeness (QED) is 0.875. The molecule has 5 nitrogen and oxygen atoms in total. The number of aromatic nitrogens is 2. The van der Waals surface area contributed by atoms with Gasteiger partial charge in [0.15, 0.2) is 0 Å². The molecule has 2 heterocycles. The van der Waals surface area contributed by atoms with Crippen molar-refractivity contribution in [2.75, 3.05) is 20.1 Å². The number of carboxylic acid groups (broad SMARTS) is 1. The number of likely N-dealkylation sites (N-methyl/N-ethyl adjacent to an activating group) is 1. The molecule has 1 saturated heterocycles. The first kappa shape index (κ1) is 13.9. The lowest BCUT2D eigenvalue weighted by Crippen LogP contribution is -2.31. The van der Waals surface area contributed by atoms with Crippen molar-refractivity contribution in [1.82, 2.24) is 14.9 Å². The Bertz CT molecular complexity index is 436. The van der Waals surface area contributed by atoms with Crippen LogP contribution in [-0.4, -0.2) is 46.1 Å². The molecule has 1 fully saturated rings. The summed E-state index contributed by atoms with van der Waals surface area (Å²) in [6, 6.07) is 1.99. The Morgan fingerprint density at radius 2 is 2.42 bits per heavy atom. The van der Waals surface area contributed by atoms with Crippen molar-refractivity contribution in [1.29, 1.82) is 0 Å². The van der Waals surface area contributed by atoms with Crippen LogP contribution in [-0.2, 0) is 11.2 Å². The van der Waals surface area contributed by atoms with Crippen LogP contribution in [0.1, 0.15) is 43.1 Å². The molecule has 2 rings (SSSR count). The smallest absolute Gasteiger partial charge is 0.303 e.